The molecule has 0 aliphatic heterocycles. The van der Waals surface area contributed by atoms with Crippen molar-refractivity contribution in [1.82, 2.24) is 15.1 Å². The van der Waals surface area contributed by atoms with Crippen LogP contribution in [0.2, 0.25) is 0 Å². The zero-order valence-corrected chi connectivity index (χ0v) is 11.6. The standard InChI is InChI=1S/C12H20ClN3O/c1-8(2)11(5-6-13)14-12(17)10-7-16(4)15-9(10)3/h7-8,11H,5-6H2,1-4H3,(H,14,17). The highest BCUT2D eigenvalue weighted by molar-refractivity contribution is 6.17. The van der Waals surface area contributed by atoms with Gasteiger partial charge in [-0.25, -0.2) is 0 Å². The Morgan fingerprint density at radius 1 is 1.59 bits per heavy atom. The highest BCUT2D eigenvalue weighted by Gasteiger charge is 2.19. The highest BCUT2D eigenvalue weighted by atomic mass is 35.5. The number of amides is 1. The number of rotatable bonds is 5. The van der Waals surface area contributed by atoms with Crippen molar-refractivity contribution in [2.24, 2.45) is 13.0 Å². The zero-order valence-electron chi connectivity index (χ0n) is 10.8. The molecule has 0 aliphatic carbocycles. The monoisotopic (exact) mass is 257 g/mol. The van der Waals surface area contributed by atoms with Gasteiger partial charge in [-0.15, -0.1) is 11.6 Å². The van der Waals surface area contributed by atoms with E-state index in [9.17, 15) is 4.79 Å². The molecule has 0 bridgehead atoms. The molecule has 0 aliphatic rings. The number of hydrogen-bond acceptors (Lipinski definition) is 2. The molecule has 1 heterocycles. The molecule has 0 saturated heterocycles. The Morgan fingerprint density at radius 3 is 2.65 bits per heavy atom. The average Bonchev–Trinajstić information content (AvgIpc) is 2.57. The van der Waals surface area contributed by atoms with E-state index < -0.39 is 0 Å². The number of carbonyl (C=O) groups is 1. The lowest BCUT2D eigenvalue weighted by Crippen LogP contribution is -2.39. The second-order valence-electron chi connectivity index (χ2n) is 4.60. The van der Waals surface area contributed by atoms with Crippen molar-refractivity contribution in [1.29, 1.82) is 0 Å². The third-order valence-electron chi connectivity index (χ3n) is 2.80. The largest absolute Gasteiger partial charge is 0.349 e. The van der Waals surface area contributed by atoms with Crippen molar-refractivity contribution >= 4 is 17.5 Å². The van der Waals surface area contributed by atoms with Gasteiger partial charge >= 0.3 is 0 Å². The summed E-state index contributed by atoms with van der Waals surface area (Å²) < 4.78 is 1.65. The molecule has 1 unspecified atom stereocenters. The van der Waals surface area contributed by atoms with Gasteiger partial charge in [-0.3, -0.25) is 9.48 Å². The molecule has 0 saturated carbocycles. The Morgan fingerprint density at radius 2 is 2.24 bits per heavy atom. The molecule has 96 valence electrons. The van der Waals surface area contributed by atoms with Crippen LogP contribution >= 0.6 is 11.6 Å². The molecule has 1 aromatic heterocycles. The first-order valence-electron chi connectivity index (χ1n) is 5.82. The van der Waals surface area contributed by atoms with Crippen LogP contribution in [0.3, 0.4) is 0 Å². The lowest BCUT2D eigenvalue weighted by atomic mass is 10.0. The number of halogens is 1. The Kier molecular flexibility index (Phi) is 5.00. The van der Waals surface area contributed by atoms with Crippen LogP contribution in [0.5, 0.6) is 0 Å². The topological polar surface area (TPSA) is 46.9 Å². The fourth-order valence-corrected chi connectivity index (χ4v) is 1.99. The van der Waals surface area contributed by atoms with Gasteiger partial charge < -0.3 is 5.32 Å². The second kappa shape index (κ2) is 6.05. The molecule has 1 rings (SSSR count). The number of hydrogen-bond donors (Lipinski definition) is 1. The fourth-order valence-electron chi connectivity index (χ4n) is 1.76. The first kappa shape index (κ1) is 14.0. The van der Waals surface area contributed by atoms with Crippen LogP contribution < -0.4 is 5.32 Å². The first-order valence-corrected chi connectivity index (χ1v) is 6.36. The summed E-state index contributed by atoms with van der Waals surface area (Å²) in [6.07, 6.45) is 2.52. The minimum atomic E-state index is -0.0700. The molecule has 17 heavy (non-hydrogen) atoms. The maximum Gasteiger partial charge on any atom is 0.254 e. The van der Waals surface area contributed by atoms with E-state index in [1.54, 1.807) is 10.9 Å². The number of nitrogens with one attached hydrogen (secondary N) is 1. The van der Waals surface area contributed by atoms with E-state index in [1.807, 2.05) is 14.0 Å². The third kappa shape index (κ3) is 3.73. The van der Waals surface area contributed by atoms with Crippen LogP contribution in [0.1, 0.15) is 36.3 Å². The minimum absolute atomic E-state index is 0.0700. The van der Waals surface area contributed by atoms with Crippen molar-refractivity contribution in [3.8, 4) is 0 Å². The molecule has 1 aromatic rings. The Labute approximate surface area is 107 Å². The Hall–Kier alpha value is -1.03. The van der Waals surface area contributed by atoms with E-state index in [0.29, 0.717) is 17.4 Å². The molecule has 0 fully saturated rings. The number of carbonyl (C=O) groups excluding carboxylic acids is 1. The van der Waals surface area contributed by atoms with E-state index in [4.69, 9.17) is 11.6 Å². The van der Waals surface area contributed by atoms with Crippen molar-refractivity contribution < 1.29 is 4.79 Å². The van der Waals surface area contributed by atoms with Gasteiger partial charge in [0.15, 0.2) is 0 Å². The maximum atomic E-state index is 12.1. The lowest BCUT2D eigenvalue weighted by molar-refractivity contribution is 0.0924. The van der Waals surface area contributed by atoms with Crippen LogP contribution in [0.15, 0.2) is 6.20 Å². The molecule has 0 aromatic carbocycles. The van der Waals surface area contributed by atoms with Gasteiger partial charge in [0.05, 0.1) is 11.3 Å². The van der Waals surface area contributed by atoms with E-state index in [-0.39, 0.29) is 11.9 Å². The zero-order chi connectivity index (χ0) is 13.0. The molecule has 4 nitrogen and oxygen atoms in total. The highest BCUT2D eigenvalue weighted by Crippen LogP contribution is 2.10. The van der Waals surface area contributed by atoms with Gasteiger partial charge in [0.2, 0.25) is 0 Å². The summed E-state index contributed by atoms with van der Waals surface area (Å²) in [5.74, 6) is 0.851. The van der Waals surface area contributed by atoms with Crippen LogP contribution in [-0.2, 0) is 7.05 Å². The average molecular weight is 258 g/mol. The smallest absolute Gasteiger partial charge is 0.254 e. The van der Waals surface area contributed by atoms with E-state index in [2.05, 4.69) is 24.3 Å². The van der Waals surface area contributed by atoms with Gasteiger partial charge in [-0.1, -0.05) is 13.8 Å². The van der Waals surface area contributed by atoms with Crippen LogP contribution in [0.4, 0.5) is 0 Å². The van der Waals surface area contributed by atoms with E-state index >= 15 is 0 Å². The fraction of sp³-hybridized carbons (Fsp3) is 0.667. The summed E-state index contributed by atoms with van der Waals surface area (Å²) in [5, 5.41) is 7.17. The molecular weight excluding hydrogens is 238 g/mol. The molecule has 1 N–H and O–H groups in total. The number of alkyl halides is 1. The van der Waals surface area contributed by atoms with Crippen molar-refractivity contribution in [2.45, 2.75) is 33.2 Å². The summed E-state index contributed by atoms with van der Waals surface area (Å²) in [7, 11) is 1.81. The summed E-state index contributed by atoms with van der Waals surface area (Å²) in [6, 6.07) is 0.111. The normalized spacial score (nSPS) is 12.8. The van der Waals surface area contributed by atoms with E-state index in [0.717, 1.165) is 12.1 Å². The van der Waals surface area contributed by atoms with Gasteiger partial charge in [-0.05, 0) is 19.3 Å². The molecule has 0 spiro atoms. The minimum Gasteiger partial charge on any atom is -0.349 e. The number of aromatic nitrogens is 2. The summed E-state index contributed by atoms with van der Waals surface area (Å²) in [6.45, 7) is 5.99. The molecule has 1 atom stereocenters. The second-order valence-corrected chi connectivity index (χ2v) is 4.98. The first-order chi connectivity index (χ1) is 7.95. The maximum absolute atomic E-state index is 12.1. The predicted octanol–water partition coefficient (Wildman–Crippen LogP) is 2.11. The van der Waals surface area contributed by atoms with Gasteiger partial charge in [0, 0.05) is 25.2 Å². The van der Waals surface area contributed by atoms with Gasteiger partial charge in [0.1, 0.15) is 0 Å². The van der Waals surface area contributed by atoms with Crippen LogP contribution in [0.25, 0.3) is 0 Å². The molecule has 5 heteroatoms. The summed E-state index contributed by atoms with van der Waals surface area (Å²) in [5.41, 5.74) is 1.38. The number of aryl methyl sites for hydroxylation is 2. The molecular formula is C12H20ClN3O. The van der Waals surface area contributed by atoms with Crippen molar-refractivity contribution in [3.05, 3.63) is 17.5 Å². The SMILES string of the molecule is Cc1nn(C)cc1C(=O)NC(CCCl)C(C)C. The van der Waals surface area contributed by atoms with Gasteiger partial charge in [0.25, 0.3) is 5.91 Å². The third-order valence-corrected chi connectivity index (χ3v) is 3.02. The molecule has 1 amide bonds. The number of nitrogens with zero attached hydrogens (tertiary/aromatic N) is 2. The van der Waals surface area contributed by atoms with Crippen LogP contribution in [-0.4, -0.2) is 27.6 Å². The van der Waals surface area contributed by atoms with Crippen molar-refractivity contribution in [2.75, 3.05) is 5.88 Å². The molecule has 0 radical (unpaired) electrons. The summed E-state index contributed by atoms with van der Waals surface area (Å²) >= 11 is 5.74. The van der Waals surface area contributed by atoms with Gasteiger partial charge in [-0.2, -0.15) is 5.10 Å². The van der Waals surface area contributed by atoms with E-state index in [1.165, 1.54) is 0 Å². The predicted molar refractivity (Wildman–Crippen MR) is 69.4 cm³/mol. The lowest BCUT2D eigenvalue weighted by Gasteiger charge is -2.21. The summed E-state index contributed by atoms with van der Waals surface area (Å²) in [4.78, 5) is 12.1. The Bertz CT molecular complexity index is 387. The Balaban J connectivity index is 2.73. The quantitative estimate of drug-likeness (QED) is 0.822. The van der Waals surface area contributed by atoms with Crippen LogP contribution in [0, 0.1) is 12.8 Å². The van der Waals surface area contributed by atoms with Crippen molar-refractivity contribution in [3.63, 3.8) is 0 Å².